The van der Waals surface area contributed by atoms with Crippen LogP contribution in [0.4, 0.5) is 5.69 Å². The molecule has 2 aromatic rings. The number of benzene rings is 2. The number of hydrogen-bond donors (Lipinski definition) is 1. The van der Waals surface area contributed by atoms with Gasteiger partial charge >= 0.3 is 0 Å². The number of likely N-dealkylation sites (tertiary alicyclic amines) is 1. The Morgan fingerprint density at radius 3 is 2.70 bits per heavy atom. The van der Waals surface area contributed by atoms with Gasteiger partial charge in [-0.05, 0) is 23.8 Å². The fourth-order valence-corrected chi connectivity index (χ4v) is 3.26. The zero-order valence-electron chi connectivity index (χ0n) is 15.2. The highest BCUT2D eigenvalue weighted by Crippen LogP contribution is 2.30. The predicted molar refractivity (Wildman–Crippen MR) is 103 cm³/mol. The van der Waals surface area contributed by atoms with Crippen LogP contribution in [0, 0.1) is 5.92 Å². The van der Waals surface area contributed by atoms with Crippen LogP contribution in [0.15, 0.2) is 42.5 Å². The Labute approximate surface area is 163 Å². The van der Waals surface area contributed by atoms with E-state index in [1.54, 1.807) is 36.3 Å². The van der Waals surface area contributed by atoms with E-state index < -0.39 is 5.92 Å². The van der Waals surface area contributed by atoms with Crippen LogP contribution in [0.2, 0.25) is 5.02 Å². The van der Waals surface area contributed by atoms with Crippen molar-refractivity contribution in [3.63, 3.8) is 0 Å². The van der Waals surface area contributed by atoms with Gasteiger partial charge in [-0.1, -0.05) is 29.8 Å². The Morgan fingerprint density at radius 1 is 1.22 bits per heavy atom. The smallest absolute Gasteiger partial charge is 0.229 e. The summed E-state index contributed by atoms with van der Waals surface area (Å²) in [4.78, 5) is 26.6. The van der Waals surface area contributed by atoms with Crippen molar-refractivity contribution in [1.82, 2.24) is 4.90 Å². The second kappa shape index (κ2) is 8.31. The van der Waals surface area contributed by atoms with Crippen molar-refractivity contribution < 1.29 is 19.1 Å². The minimum absolute atomic E-state index is 0.0586. The SMILES string of the molecule is COc1ccc(NC(=O)[C@@H]2CC(=O)N(Cc3ccccc3Cl)C2)c(OC)c1. The number of carbonyl (C=O) groups is 2. The first kappa shape index (κ1) is 19.0. The monoisotopic (exact) mass is 388 g/mol. The molecule has 0 aromatic heterocycles. The van der Waals surface area contributed by atoms with Gasteiger partial charge in [0.25, 0.3) is 0 Å². The Morgan fingerprint density at radius 2 is 2.00 bits per heavy atom. The molecule has 1 N–H and O–H groups in total. The molecule has 6 nitrogen and oxygen atoms in total. The lowest BCUT2D eigenvalue weighted by Gasteiger charge is -2.18. The molecule has 1 fully saturated rings. The average Bonchev–Trinajstić information content (AvgIpc) is 3.04. The van der Waals surface area contributed by atoms with Gasteiger partial charge in [0.2, 0.25) is 11.8 Å². The molecule has 0 radical (unpaired) electrons. The number of amides is 2. The fraction of sp³-hybridized carbons (Fsp3) is 0.300. The summed E-state index contributed by atoms with van der Waals surface area (Å²) in [6, 6.07) is 12.5. The average molecular weight is 389 g/mol. The number of nitrogens with zero attached hydrogens (tertiary/aromatic N) is 1. The summed E-state index contributed by atoms with van der Waals surface area (Å²) in [5.74, 6) is 0.434. The van der Waals surface area contributed by atoms with E-state index in [0.29, 0.717) is 35.3 Å². The molecular formula is C20H21ClN2O4. The highest BCUT2D eigenvalue weighted by molar-refractivity contribution is 6.31. The molecule has 0 bridgehead atoms. The summed E-state index contributed by atoms with van der Waals surface area (Å²) in [7, 11) is 3.08. The highest BCUT2D eigenvalue weighted by Gasteiger charge is 2.34. The third-order valence-electron chi connectivity index (χ3n) is 4.57. The van der Waals surface area contributed by atoms with E-state index in [1.807, 2.05) is 18.2 Å². The number of nitrogens with one attached hydrogen (secondary N) is 1. The summed E-state index contributed by atoms with van der Waals surface area (Å²) >= 11 is 6.17. The van der Waals surface area contributed by atoms with E-state index in [-0.39, 0.29) is 18.2 Å². The zero-order valence-corrected chi connectivity index (χ0v) is 16.0. The number of halogens is 1. The molecule has 0 saturated carbocycles. The maximum atomic E-state index is 12.6. The third kappa shape index (κ3) is 4.34. The molecule has 1 atom stereocenters. The van der Waals surface area contributed by atoms with E-state index in [9.17, 15) is 9.59 Å². The van der Waals surface area contributed by atoms with Crippen LogP contribution in [0.5, 0.6) is 11.5 Å². The molecule has 2 amide bonds. The topological polar surface area (TPSA) is 67.9 Å². The minimum Gasteiger partial charge on any atom is -0.497 e. The molecule has 0 aliphatic carbocycles. The summed E-state index contributed by atoms with van der Waals surface area (Å²) in [6.07, 6.45) is 0.175. The molecule has 7 heteroatoms. The number of carbonyl (C=O) groups excluding carboxylic acids is 2. The number of methoxy groups -OCH3 is 2. The van der Waals surface area contributed by atoms with Gasteiger partial charge in [-0.3, -0.25) is 9.59 Å². The summed E-state index contributed by atoms with van der Waals surface area (Å²) < 4.78 is 10.5. The van der Waals surface area contributed by atoms with E-state index in [4.69, 9.17) is 21.1 Å². The quantitative estimate of drug-likeness (QED) is 0.824. The van der Waals surface area contributed by atoms with Crippen LogP contribution in [0.25, 0.3) is 0 Å². The highest BCUT2D eigenvalue weighted by atomic mass is 35.5. The van der Waals surface area contributed by atoms with Crippen LogP contribution in [-0.4, -0.2) is 37.5 Å². The van der Waals surface area contributed by atoms with Crippen molar-refractivity contribution in [1.29, 1.82) is 0 Å². The standard InChI is InChI=1S/C20H21ClN2O4/c1-26-15-7-8-17(18(10-15)27-2)22-20(25)14-9-19(24)23(12-14)11-13-5-3-4-6-16(13)21/h3-8,10,14H,9,11-12H2,1-2H3,(H,22,25)/t14-/m1/s1. The van der Waals surface area contributed by atoms with Crippen molar-refractivity contribution in [3.8, 4) is 11.5 Å². The van der Waals surface area contributed by atoms with Gasteiger partial charge in [0.05, 0.1) is 25.8 Å². The van der Waals surface area contributed by atoms with E-state index in [1.165, 1.54) is 7.11 Å². The third-order valence-corrected chi connectivity index (χ3v) is 4.94. The Kier molecular flexibility index (Phi) is 5.86. The maximum absolute atomic E-state index is 12.6. The van der Waals surface area contributed by atoms with Crippen molar-refractivity contribution in [2.24, 2.45) is 5.92 Å². The normalized spacial score (nSPS) is 16.3. The number of hydrogen-bond acceptors (Lipinski definition) is 4. The first-order chi connectivity index (χ1) is 13.0. The zero-order chi connectivity index (χ0) is 19.4. The van der Waals surface area contributed by atoms with Crippen molar-refractivity contribution in [2.75, 3.05) is 26.1 Å². The fourth-order valence-electron chi connectivity index (χ4n) is 3.07. The van der Waals surface area contributed by atoms with Crippen LogP contribution >= 0.6 is 11.6 Å². The Hall–Kier alpha value is -2.73. The van der Waals surface area contributed by atoms with E-state index >= 15 is 0 Å². The molecule has 2 aromatic carbocycles. The van der Waals surface area contributed by atoms with Crippen LogP contribution < -0.4 is 14.8 Å². The molecule has 1 aliphatic rings. The largest absolute Gasteiger partial charge is 0.497 e. The van der Waals surface area contributed by atoms with E-state index in [0.717, 1.165) is 5.56 Å². The van der Waals surface area contributed by atoms with Crippen LogP contribution in [-0.2, 0) is 16.1 Å². The van der Waals surface area contributed by atoms with Gasteiger partial charge in [0.1, 0.15) is 11.5 Å². The first-order valence-electron chi connectivity index (χ1n) is 8.56. The molecule has 1 heterocycles. The first-order valence-corrected chi connectivity index (χ1v) is 8.93. The Bertz CT molecular complexity index is 856. The van der Waals surface area contributed by atoms with Crippen molar-refractivity contribution >= 4 is 29.1 Å². The lowest BCUT2D eigenvalue weighted by Crippen LogP contribution is -2.28. The second-order valence-corrected chi connectivity index (χ2v) is 6.73. The van der Waals surface area contributed by atoms with Crippen LogP contribution in [0.3, 0.4) is 0 Å². The molecular weight excluding hydrogens is 368 g/mol. The molecule has 0 spiro atoms. The molecule has 0 unspecified atom stereocenters. The van der Waals surface area contributed by atoms with Crippen molar-refractivity contribution in [2.45, 2.75) is 13.0 Å². The lowest BCUT2D eigenvalue weighted by atomic mass is 10.1. The summed E-state index contributed by atoms with van der Waals surface area (Å²) in [5.41, 5.74) is 1.41. The lowest BCUT2D eigenvalue weighted by molar-refractivity contribution is -0.128. The maximum Gasteiger partial charge on any atom is 0.229 e. The summed E-state index contributed by atoms with van der Waals surface area (Å²) in [5, 5.41) is 3.46. The summed E-state index contributed by atoms with van der Waals surface area (Å²) in [6.45, 7) is 0.752. The van der Waals surface area contributed by atoms with Crippen molar-refractivity contribution in [3.05, 3.63) is 53.1 Å². The second-order valence-electron chi connectivity index (χ2n) is 6.32. The molecule has 1 aliphatic heterocycles. The molecule has 27 heavy (non-hydrogen) atoms. The van der Waals surface area contributed by atoms with Gasteiger partial charge in [0, 0.05) is 30.6 Å². The predicted octanol–water partition coefficient (Wildman–Crippen LogP) is 3.34. The molecule has 142 valence electrons. The van der Waals surface area contributed by atoms with Gasteiger partial charge in [-0.25, -0.2) is 0 Å². The molecule has 1 saturated heterocycles. The van der Waals surface area contributed by atoms with Gasteiger partial charge < -0.3 is 19.7 Å². The number of ether oxygens (including phenoxy) is 2. The van der Waals surface area contributed by atoms with Crippen LogP contribution in [0.1, 0.15) is 12.0 Å². The molecule has 3 rings (SSSR count). The van der Waals surface area contributed by atoms with E-state index in [2.05, 4.69) is 5.32 Å². The van der Waals surface area contributed by atoms with Gasteiger partial charge in [-0.15, -0.1) is 0 Å². The number of rotatable bonds is 6. The minimum atomic E-state index is -0.424. The van der Waals surface area contributed by atoms with Gasteiger partial charge in [-0.2, -0.15) is 0 Å². The number of anilines is 1. The Balaban J connectivity index is 1.66. The van der Waals surface area contributed by atoms with Gasteiger partial charge in [0.15, 0.2) is 0 Å².